The van der Waals surface area contributed by atoms with Crippen molar-refractivity contribution in [2.24, 2.45) is 11.1 Å². The minimum atomic E-state index is -0.766. The highest BCUT2D eigenvalue weighted by atomic mass is 16.4. The molecular formula is C14H18N2O3. The molecule has 0 bridgehead atoms. The Balaban J connectivity index is 2.12. The summed E-state index contributed by atoms with van der Waals surface area (Å²) in [6.45, 7) is 3.53. The minimum Gasteiger partial charge on any atom is -0.481 e. The number of nitrogens with zero attached hydrogens (tertiary/aromatic N) is 1. The van der Waals surface area contributed by atoms with E-state index < -0.39 is 17.3 Å². The van der Waals surface area contributed by atoms with Gasteiger partial charge in [-0.25, -0.2) is 0 Å². The van der Waals surface area contributed by atoms with Crippen molar-refractivity contribution in [2.45, 2.75) is 19.9 Å². The van der Waals surface area contributed by atoms with E-state index in [1.54, 1.807) is 19.1 Å². The van der Waals surface area contributed by atoms with Gasteiger partial charge in [0.25, 0.3) is 0 Å². The molecule has 5 heteroatoms. The maximum Gasteiger partial charge on any atom is 0.310 e. The van der Waals surface area contributed by atoms with Crippen molar-refractivity contribution in [3.63, 3.8) is 0 Å². The first-order chi connectivity index (χ1) is 8.92. The van der Waals surface area contributed by atoms with Gasteiger partial charge in [-0.15, -0.1) is 0 Å². The fraction of sp³-hybridized carbons (Fsp3) is 0.429. The molecule has 1 unspecified atom stereocenters. The Labute approximate surface area is 112 Å². The zero-order chi connectivity index (χ0) is 14.0. The third kappa shape index (κ3) is 2.76. The largest absolute Gasteiger partial charge is 0.481 e. The van der Waals surface area contributed by atoms with Crippen LogP contribution < -0.4 is 5.73 Å². The Bertz CT molecular complexity index is 515. The number of aliphatic carboxylic acids is 1. The molecule has 0 radical (unpaired) electrons. The topological polar surface area (TPSA) is 83.6 Å². The molecule has 1 saturated heterocycles. The molecule has 5 nitrogen and oxygen atoms in total. The fourth-order valence-corrected chi connectivity index (χ4v) is 2.51. The average Bonchev–Trinajstić information content (AvgIpc) is 2.73. The summed E-state index contributed by atoms with van der Waals surface area (Å²) in [6, 6.07) is 7.18. The quantitative estimate of drug-likeness (QED) is 0.850. The van der Waals surface area contributed by atoms with Crippen LogP contribution >= 0.6 is 0 Å². The van der Waals surface area contributed by atoms with Gasteiger partial charge in [-0.1, -0.05) is 18.2 Å². The van der Waals surface area contributed by atoms with Crippen LogP contribution in [0.4, 0.5) is 0 Å². The summed E-state index contributed by atoms with van der Waals surface area (Å²) in [5, 5.41) is 9.20. The molecule has 1 heterocycles. The van der Waals surface area contributed by atoms with Gasteiger partial charge in [0.15, 0.2) is 0 Å². The number of amides is 1. The summed E-state index contributed by atoms with van der Waals surface area (Å²) >= 11 is 0. The van der Waals surface area contributed by atoms with Gasteiger partial charge in [0.1, 0.15) is 0 Å². The Kier molecular flexibility index (Phi) is 3.57. The molecule has 1 aromatic carbocycles. The van der Waals surface area contributed by atoms with Crippen molar-refractivity contribution in [3.8, 4) is 0 Å². The molecule has 3 N–H and O–H groups in total. The molecule has 1 aliphatic heterocycles. The lowest BCUT2D eigenvalue weighted by Crippen LogP contribution is -2.31. The third-order valence-corrected chi connectivity index (χ3v) is 3.75. The zero-order valence-electron chi connectivity index (χ0n) is 10.9. The third-order valence-electron chi connectivity index (χ3n) is 3.75. The van der Waals surface area contributed by atoms with E-state index in [1.807, 2.05) is 12.1 Å². The summed E-state index contributed by atoms with van der Waals surface area (Å²) in [5.41, 5.74) is 6.00. The van der Waals surface area contributed by atoms with E-state index in [1.165, 1.54) is 0 Å². The molecule has 1 aliphatic rings. The summed E-state index contributed by atoms with van der Waals surface area (Å²) in [7, 11) is 0. The molecule has 1 atom stereocenters. The normalized spacial score (nSPS) is 23.4. The summed E-state index contributed by atoms with van der Waals surface area (Å²) in [4.78, 5) is 24.6. The van der Waals surface area contributed by atoms with Crippen LogP contribution in [-0.4, -0.2) is 35.0 Å². The van der Waals surface area contributed by atoms with Crippen molar-refractivity contribution < 1.29 is 14.7 Å². The lowest BCUT2D eigenvalue weighted by Gasteiger charge is -2.20. The highest BCUT2D eigenvalue weighted by Gasteiger charge is 2.40. The van der Waals surface area contributed by atoms with Gasteiger partial charge in [-0.3, -0.25) is 14.5 Å². The Morgan fingerprint density at radius 1 is 1.42 bits per heavy atom. The van der Waals surface area contributed by atoms with Crippen molar-refractivity contribution >= 4 is 11.9 Å². The van der Waals surface area contributed by atoms with E-state index in [0.717, 1.165) is 12.1 Å². The molecule has 102 valence electrons. The first-order valence-corrected chi connectivity index (χ1v) is 6.26. The van der Waals surface area contributed by atoms with Crippen LogP contribution in [0.3, 0.4) is 0 Å². The average molecular weight is 262 g/mol. The highest BCUT2D eigenvalue weighted by molar-refractivity contribution is 5.94. The maximum absolute atomic E-state index is 11.3. The molecule has 1 fully saturated rings. The molecule has 0 aromatic heterocycles. The molecule has 1 amide bonds. The minimum absolute atomic E-state index is 0.448. The van der Waals surface area contributed by atoms with Crippen LogP contribution in [0.2, 0.25) is 0 Å². The van der Waals surface area contributed by atoms with E-state index >= 15 is 0 Å². The monoisotopic (exact) mass is 262 g/mol. The number of carboxylic acids is 1. The van der Waals surface area contributed by atoms with Gasteiger partial charge in [-0.2, -0.15) is 0 Å². The smallest absolute Gasteiger partial charge is 0.310 e. The number of carbonyl (C=O) groups excluding carboxylic acids is 1. The van der Waals surface area contributed by atoms with Gasteiger partial charge in [0, 0.05) is 18.7 Å². The second-order valence-corrected chi connectivity index (χ2v) is 5.35. The van der Waals surface area contributed by atoms with E-state index in [4.69, 9.17) is 5.73 Å². The van der Waals surface area contributed by atoms with E-state index in [0.29, 0.717) is 25.1 Å². The summed E-state index contributed by atoms with van der Waals surface area (Å²) in [6.07, 6.45) is 0.626. The van der Waals surface area contributed by atoms with Crippen LogP contribution in [0.25, 0.3) is 0 Å². The van der Waals surface area contributed by atoms with Crippen molar-refractivity contribution in [2.75, 3.05) is 13.1 Å². The summed E-state index contributed by atoms with van der Waals surface area (Å²) in [5.74, 6) is -1.21. The lowest BCUT2D eigenvalue weighted by molar-refractivity contribution is -0.147. The predicted molar refractivity (Wildman–Crippen MR) is 70.6 cm³/mol. The van der Waals surface area contributed by atoms with Crippen LogP contribution in [0.1, 0.15) is 29.3 Å². The van der Waals surface area contributed by atoms with Gasteiger partial charge in [0.05, 0.1) is 5.41 Å². The zero-order valence-corrected chi connectivity index (χ0v) is 10.9. The fourth-order valence-electron chi connectivity index (χ4n) is 2.51. The van der Waals surface area contributed by atoms with Crippen LogP contribution in [0.15, 0.2) is 24.3 Å². The van der Waals surface area contributed by atoms with Gasteiger partial charge < -0.3 is 10.8 Å². The molecule has 0 saturated carbocycles. The molecule has 19 heavy (non-hydrogen) atoms. The second-order valence-electron chi connectivity index (χ2n) is 5.35. The van der Waals surface area contributed by atoms with Crippen LogP contribution in [0.5, 0.6) is 0 Å². The maximum atomic E-state index is 11.3. The molecule has 2 rings (SSSR count). The second kappa shape index (κ2) is 5.01. The number of carboxylic acid groups (broad SMARTS) is 1. The Morgan fingerprint density at radius 3 is 2.68 bits per heavy atom. The number of carbonyl (C=O) groups is 2. The van der Waals surface area contributed by atoms with E-state index in [-0.39, 0.29) is 0 Å². The number of hydrogen-bond donors (Lipinski definition) is 2. The Morgan fingerprint density at radius 2 is 2.11 bits per heavy atom. The van der Waals surface area contributed by atoms with E-state index in [2.05, 4.69) is 4.90 Å². The Hall–Kier alpha value is -1.88. The van der Waals surface area contributed by atoms with Crippen LogP contribution in [-0.2, 0) is 11.3 Å². The van der Waals surface area contributed by atoms with Gasteiger partial charge in [-0.05, 0) is 31.5 Å². The standard InChI is InChI=1S/C14H18N2O3/c1-14(13(18)19)6-7-16(9-14)8-10-4-2-3-5-11(10)12(15)17/h2-5H,6-9H2,1H3,(H2,15,17)(H,18,19). The van der Waals surface area contributed by atoms with Crippen LogP contribution in [0, 0.1) is 5.41 Å². The van der Waals surface area contributed by atoms with Crippen molar-refractivity contribution in [1.82, 2.24) is 4.90 Å². The van der Waals surface area contributed by atoms with Gasteiger partial charge >= 0.3 is 5.97 Å². The van der Waals surface area contributed by atoms with Crippen molar-refractivity contribution in [3.05, 3.63) is 35.4 Å². The first kappa shape index (κ1) is 13.5. The summed E-state index contributed by atoms with van der Waals surface area (Å²) < 4.78 is 0. The van der Waals surface area contributed by atoms with Crippen molar-refractivity contribution in [1.29, 1.82) is 0 Å². The molecule has 0 spiro atoms. The number of nitrogens with two attached hydrogens (primary N) is 1. The SMILES string of the molecule is CC1(C(=O)O)CCN(Cc2ccccc2C(N)=O)C1. The lowest BCUT2D eigenvalue weighted by atomic mass is 9.90. The predicted octanol–water partition coefficient (Wildman–Crippen LogP) is 1.08. The van der Waals surface area contributed by atoms with E-state index in [9.17, 15) is 14.7 Å². The molecular weight excluding hydrogens is 244 g/mol. The highest BCUT2D eigenvalue weighted by Crippen LogP contribution is 2.31. The number of hydrogen-bond acceptors (Lipinski definition) is 3. The molecule has 1 aromatic rings. The number of primary amides is 1. The first-order valence-electron chi connectivity index (χ1n) is 6.26. The van der Waals surface area contributed by atoms with Gasteiger partial charge in [0.2, 0.25) is 5.91 Å². The molecule has 0 aliphatic carbocycles. The number of benzene rings is 1. The number of rotatable bonds is 4. The number of likely N-dealkylation sites (tertiary alicyclic amines) is 1.